The van der Waals surface area contributed by atoms with Crippen molar-refractivity contribution in [2.45, 2.75) is 19.0 Å². The van der Waals surface area contributed by atoms with Crippen molar-refractivity contribution in [1.82, 2.24) is 9.88 Å². The molecule has 1 aromatic heterocycles. The van der Waals surface area contributed by atoms with Crippen LogP contribution in [0.2, 0.25) is 0 Å². The number of fused-ring (bicyclic) bond motifs is 3. The van der Waals surface area contributed by atoms with Gasteiger partial charge in [0, 0.05) is 27.6 Å². The van der Waals surface area contributed by atoms with Crippen molar-refractivity contribution < 1.29 is 0 Å². The number of para-hydroxylation sites is 2. The normalized spacial score (nSPS) is 15.3. The van der Waals surface area contributed by atoms with Crippen molar-refractivity contribution in [3.05, 3.63) is 253 Å². The summed E-state index contributed by atoms with van der Waals surface area (Å²) >= 11 is 0. The second kappa shape index (κ2) is 16.1. The molecule has 9 aromatic rings. The molecule has 296 valence electrons. The number of rotatable bonds is 9. The Morgan fingerprint density at radius 1 is 0.435 bits per heavy atom. The van der Waals surface area contributed by atoms with E-state index in [-0.39, 0.29) is 6.17 Å². The fourth-order valence-corrected chi connectivity index (χ4v) is 14.3. The lowest BCUT2D eigenvalue weighted by Gasteiger charge is -2.34. The number of hydrogen-bond donors (Lipinski definition) is 1. The van der Waals surface area contributed by atoms with Crippen molar-refractivity contribution in [1.29, 1.82) is 0 Å². The maximum Gasteiger partial charge on any atom is 0.179 e. The zero-order valence-corrected chi connectivity index (χ0v) is 35.3. The van der Waals surface area contributed by atoms with E-state index in [1.165, 1.54) is 53.7 Å². The Balaban J connectivity index is 0.951. The predicted octanol–water partition coefficient (Wildman–Crippen LogP) is 10.1. The van der Waals surface area contributed by atoms with E-state index in [0.29, 0.717) is 0 Å². The summed E-state index contributed by atoms with van der Waals surface area (Å²) in [4.78, 5) is 10.6. The van der Waals surface area contributed by atoms with Gasteiger partial charge in [0.25, 0.3) is 0 Å². The zero-order valence-electron chi connectivity index (χ0n) is 34.3. The van der Waals surface area contributed by atoms with E-state index in [4.69, 9.17) is 9.98 Å². The average molecular weight is 813 g/mol. The molecular formula is C57H44N4Si. The van der Waals surface area contributed by atoms with Crippen LogP contribution in [0.3, 0.4) is 0 Å². The first-order valence-corrected chi connectivity index (χ1v) is 23.5. The van der Waals surface area contributed by atoms with Gasteiger partial charge in [-0.05, 0) is 86.7 Å². The Bertz CT molecular complexity index is 3020. The van der Waals surface area contributed by atoms with Crippen molar-refractivity contribution in [2.24, 2.45) is 9.98 Å². The molecule has 0 saturated carbocycles. The number of nitrogens with zero attached hydrogens (tertiary/aromatic N) is 3. The Morgan fingerprint density at radius 2 is 0.871 bits per heavy atom. The lowest BCUT2D eigenvalue weighted by atomic mass is 9.92. The van der Waals surface area contributed by atoms with Crippen LogP contribution in [0.25, 0.3) is 33.1 Å². The highest BCUT2D eigenvalue weighted by molar-refractivity contribution is 7.19. The number of aromatic nitrogens is 1. The highest BCUT2D eigenvalue weighted by Crippen LogP contribution is 2.33. The standard InChI is InChI=1S/C57H44N4Si/c1-5-18-42(19-6-1)55-58-56(43-32-36-46(37-33-43)61-53-30-15-13-28-51(53)52-29-14-16-31-54(52)61)60-57(59-55)45-21-17-20-44(40-45)41-34-38-50(39-35-41)62(47-22-7-2-8-23-47,48-24-9-3-10-25-48)49-26-11-4-12-27-49/h1-16,18-19,21-40,57H,17,20H2,(H,58,59,60). The van der Waals surface area contributed by atoms with E-state index >= 15 is 0 Å². The molecule has 1 aliphatic heterocycles. The molecular weight excluding hydrogens is 769 g/mol. The second-order valence-corrected chi connectivity index (χ2v) is 19.9. The molecule has 0 radical (unpaired) electrons. The van der Waals surface area contributed by atoms with Gasteiger partial charge in [0.05, 0.1) is 11.0 Å². The van der Waals surface area contributed by atoms with Crippen LogP contribution >= 0.6 is 0 Å². The summed E-state index contributed by atoms with van der Waals surface area (Å²) in [5.41, 5.74) is 9.21. The van der Waals surface area contributed by atoms with Gasteiger partial charge in [-0.15, -0.1) is 0 Å². The smallest absolute Gasteiger partial charge is 0.179 e. The largest absolute Gasteiger partial charge is 0.324 e. The summed E-state index contributed by atoms with van der Waals surface area (Å²) in [6.07, 6.45) is 6.16. The predicted molar refractivity (Wildman–Crippen MR) is 263 cm³/mol. The SMILES string of the molecule is C1=C(c2ccc([Si](c3ccccc3)(c3ccccc3)c3ccccc3)cc2)CCC=C1C1N=C(c2ccccc2)NC(c2ccc(-n3c4ccccc4c4ccccc43)cc2)=N1. The minimum absolute atomic E-state index is 0.387. The Kier molecular flexibility index (Phi) is 9.72. The maximum atomic E-state index is 5.32. The van der Waals surface area contributed by atoms with Gasteiger partial charge >= 0.3 is 0 Å². The van der Waals surface area contributed by atoms with Gasteiger partial charge in [0.1, 0.15) is 11.7 Å². The van der Waals surface area contributed by atoms with Crippen LogP contribution < -0.4 is 26.1 Å². The number of benzene rings is 8. The first kappa shape index (κ1) is 37.4. The van der Waals surface area contributed by atoms with Gasteiger partial charge in [0.15, 0.2) is 14.2 Å². The van der Waals surface area contributed by atoms with Gasteiger partial charge in [-0.2, -0.15) is 0 Å². The molecule has 0 amide bonds. The van der Waals surface area contributed by atoms with Crippen molar-refractivity contribution in [3.63, 3.8) is 0 Å². The van der Waals surface area contributed by atoms with Crippen LogP contribution in [-0.4, -0.2) is 30.5 Å². The third kappa shape index (κ3) is 6.64. The van der Waals surface area contributed by atoms with Gasteiger partial charge in [-0.1, -0.05) is 194 Å². The number of amidine groups is 2. The van der Waals surface area contributed by atoms with Crippen LogP contribution in [-0.2, 0) is 0 Å². The molecule has 8 aromatic carbocycles. The molecule has 11 rings (SSSR count). The van der Waals surface area contributed by atoms with Crippen LogP contribution in [0.4, 0.5) is 0 Å². The molecule has 2 heterocycles. The molecule has 1 atom stereocenters. The Morgan fingerprint density at radius 3 is 1.40 bits per heavy atom. The first-order chi connectivity index (χ1) is 30.7. The molecule has 0 fully saturated rings. The summed E-state index contributed by atoms with van der Waals surface area (Å²) in [5, 5.41) is 11.6. The molecule has 1 aliphatic carbocycles. The molecule has 1 unspecified atom stereocenters. The van der Waals surface area contributed by atoms with Gasteiger partial charge in [-0.25, -0.2) is 9.98 Å². The van der Waals surface area contributed by atoms with Crippen LogP contribution in [0.5, 0.6) is 0 Å². The average Bonchev–Trinajstić information content (AvgIpc) is 3.70. The third-order valence-corrected chi connectivity index (χ3v) is 17.3. The fraction of sp³-hybridized carbons (Fsp3) is 0.0526. The molecule has 0 bridgehead atoms. The van der Waals surface area contributed by atoms with E-state index in [9.17, 15) is 0 Å². The van der Waals surface area contributed by atoms with Crippen LogP contribution in [0, 0.1) is 0 Å². The monoisotopic (exact) mass is 812 g/mol. The number of aliphatic imine (C=N–C) groups is 2. The minimum Gasteiger partial charge on any atom is -0.324 e. The maximum absolute atomic E-state index is 5.32. The van der Waals surface area contributed by atoms with E-state index < -0.39 is 8.07 Å². The van der Waals surface area contributed by atoms with E-state index in [0.717, 1.165) is 46.9 Å². The van der Waals surface area contributed by atoms with E-state index in [2.05, 4.69) is 234 Å². The molecule has 62 heavy (non-hydrogen) atoms. The molecule has 2 aliphatic rings. The number of hydrogen-bond acceptors (Lipinski definition) is 3. The van der Waals surface area contributed by atoms with Crippen molar-refractivity contribution in [2.75, 3.05) is 0 Å². The van der Waals surface area contributed by atoms with Gasteiger partial charge in [0.2, 0.25) is 0 Å². The summed E-state index contributed by atoms with van der Waals surface area (Å²) in [7, 11) is -2.61. The quantitative estimate of drug-likeness (QED) is 0.115. The zero-order chi connectivity index (χ0) is 41.3. The molecule has 1 N–H and O–H groups in total. The van der Waals surface area contributed by atoms with Crippen molar-refractivity contribution in [3.8, 4) is 5.69 Å². The van der Waals surface area contributed by atoms with Crippen LogP contribution in [0.1, 0.15) is 29.5 Å². The molecule has 0 saturated heterocycles. The number of nitrogens with one attached hydrogen (secondary N) is 1. The van der Waals surface area contributed by atoms with E-state index in [1.807, 2.05) is 6.07 Å². The summed E-state index contributed by atoms with van der Waals surface area (Å²) in [6, 6.07) is 79.2. The highest BCUT2D eigenvalue weighted by atomic mass is 28.3. The lowest BCUT2D eigenvalue weighted by molar-refractivity contribution is 0.800. The molecule has 5 heteroatoms. The van der Waals surface area contributed by atoms with E-state index in [1.54, 1.807) is 0 Å². The summed E-state index contributed by atoms with van der Waals surface area (Å²) in [6.45, 7) is 0. The van der Waals surface area contributed by atoms with Gasteiger partial charge in [-0.3, -0.25) is 0 Å². The fourth-order valence-electron chi connectivity index (χ4n) is 9.59. The van der Waals surface area contributed by atoms with Crippen LogP contribution in [0.15, 0.2) is 246 Å². The van der Waals surface area contributed by atoms with Crippen molar-refractivity contribution >= 4 is 67.9 Å². The Hall–Kier alpha value is -7.60. The third-order valence-electron chi connectivity index (χ3n) is 12.5. The highest BCUT2D eigenvalue weighted by Gasteiger charge is 2.41. The van der Waals surface area contributed by atoms with Gasteiger partial charge < -0.3 is 9.88 Å². The second-order valence-electron chi connectivity index (χ2n) is 16.1. The molecule has 4 nitrogen and oxygen atoms in total. The number of allylic oxidation sites excluding steroid dienone is 2. The minimum atomic E-state index is -2.61. The summed E-state index contributed by atoms with van der Waals surface area (Å²) < 4.78 is 2.35. The lowest BCUT2D eigenvalue weighted by Crippen LogP contribution is -2.74. The Labute approximate surface area is 363 Å². The topological polar surface area (TPSA) is 41.7 Å². The first-order valence-electron chi connectivity index (χ1n) is 21.5. The molecule has 0 spiro atoms. The summed E-state index contributed by atoms with van der Waals surface area (Å²) in [5.74, 6) is 1.63.